The molecule has 1 amide bonds. The molecule has 0 unspecified atom stereocenters. The number of hydrogen-bond donors (Lipinski definition) is 0. The van der Waals surface area contributed by atoms with Gasteiger partial charge in [-0.15, -0.1) is 0 Å². The molecule has 2 heterocycles. The molecule has 0 bridgehead atoms. The standard InChI is InChI=1S/C21H20IN3O/c22-19-7-5-16(6-8-19)15-24-9-11-25(12-10-24)21(26)18-13-17-3-1-2-4-20(17)23-14-18/h1-8,13-14H,9-12,15H2/i22+4. The summed E-state index contributed by atoms with van der Waals surface area (Å²) in [7, 11) is 0. The third-order valence-electron chi connectivity index (χ3n) is 4.82. The third-order valence-corrected chi connectivity index (χ3v) is 5.54. The Kier molecular flexibility index (Phi) is 5.17. The minimum atomic E-state index is 0.0807. The van der Waals surface area contributed by atoms with Crippen LogP contribution in [0.25, 0.3) is 10.9 Å². The van der Waals surface area contributed by atoms with Gasteiger partial charge in [0, 0.05) is 47.9 Å². The van der Waals surface area contributed by atoms with Gasteiger partial charge in [0.25, 0.3) is 5.91 Å². The maximum absolute atomic E-state index is 12.8. The fourth-order valence-electron chi connectivity index (χ4n) is 3.33. The van der Waals surface area contributed by atoms with E-state index in [9.17, 15) is 4.79 Å². The lowest BCUT2D eigenvalue weighted by molar-refractivity contribution is 0.0628. The van der Waals surface area contributed by atoms with Crippen molar-refractivity contribution in [2.75, 3.05) is 26.2 Å². The second-order valence-corrected chi connectivity index (χ2v) is 7.86. The molecule has 4 rings (SSSR count). The molecule has 5 heteroatoms. The van der Waals surface area contributed by atoms with Gasteiger partial charge < -0.3 is 4.90 Å². The molecule has 4 nitrogen and oxygen atoms in total. The Morgan fingerprint density at radius 3 is 2.50 bits per heavy atom. The molecule has 132 valence electrons. The van der Waals surface area contributed by atoms with Crippen molar-refractivity contribution in [3.63, 3.8) is 0 Å². The highest BCUT2D eigenvalue weighted by Gasteiger charge is 2.22. The molecule has 3 aromatic rings. The van der Waals surface area contributed by atoms with Gasteiger partial charge in [0.2, 0.25) is 0 Å². The zero-order valence-electron chi connectivity index (χ0n) is 14.4. The zero-order valence-corrected chi connectivity index (χ0v) is 16.6. The van der Waals surface area contributed by atoms with Crippen LogP contribution in [0.1, 0.15) is 15.9 Å². The monoisotopic (exact) mass is 461 g/mol. The van der Waals surface area contributed by atoms with Crippen molar-refractivity contribution in [3.05, 3.63) is 75.5 Å². The molecule has 1 saturated heterocycles. The first-order chi connectivity index (χ1) is 12.7. The molecule has 0 atom stereocenters. The Labute approximate surface area is 167 Å². The van der Waals surface area contributed by atoms with E-state index in [1.165, 1.54) is 9.13 Å². The van der Waals surface area contributed by atoms with E-state index in [0.717, 1.165) is 43.6 Å². The van der Waals surface area contributed by atoms with Gasteiger partial charge in [-0.1, -0.05) is 30.3 Å². The lowest BCUT2D eigenvalue weighted by Crippen LogP contribution is -2.48. The number of para-hydroxylation sites is 1. The molecule has 2 aromatic carbocycles. The number of piperazine rings is 1. The Bertz CT molecular complexity index is 918. The second kappa shape index (κ2) is 7.72. The summed E-state index contributed by atoms with van der Waals surface area (Å²) in [6.07, 6.45) is 1.70. The van der Waals surface area contributed by atoms with E-state index in [2.05, 4.69) is 56.7 Å². The number of benzene rings is 2. The summed E-state index contributed by atoms with van der Waals surface area (Å²) in [5.41, 5.74) is 2.92. The first-order valence-electron chi connectivity index (χ1n) is 8.80. The van der Waals surface area contributed by atoms with Crippen LogP contribution in [0.3, 0.4) is 0 Å². The fraction of sp³-hybridized carbons (Fsp3) is 0.238. The number of aromatic nitrogens is 1. The molecular formula is C21H20IN3O. The van der Waals surface area contributed by atoms with Crippen LogP contribution in [-0.2, 0) is 6.54 Å². The summed E-state index contributed by atoms with van der Waals surface area (Å²) >= 11 is 2.32. The minimum absolute atomic E-state index is 0.0807. The number of halogens is 1. The second-order valence-electron chi connectivity index (χ2n) is 6.61. The minimum Gasteiger partial charge on any atom is -0.336 e. The van der Waals surface area contributed by atoms with E-state index in [1.54, 1.807) is 6.20 Å². The molecule has 0 radical (unpaired) electrons. The van der Waals surface area contributed by atoms with Crippen molar-refractivity contribution in [3.8, 4) is 0 Å². The van der Waals surface area contributed by atoms with E-state index in [-0.39, 0.29) is 5.91 Å². The number of carbonyl (C=O) groups excluding carboxylic acids is 1. The van der Waals surface area contributed by atoms with Crippen molar-refractivity contribution in [2.24, 2.45) is 0 Å². The highest BCUT2D eigenvalue weighted by molar-refractivity contribution is 14.1. The Balaban J connectivity index is 1.38. The van der Waals surface area contributed by atoms with Gasteiger partial charge in [0.1, 0.15) is 0 Å². The number of pyridine rings is 1. The first kappa shape index (κ1) is 17.4. The first-order valence-corrected chi connectivity index (χ1v) is 9.88. The number of nitrogens with zero attached hydrogens (tertiary/aromatic N) is 3. The summed E-state index contributed by atoms with van der Waals surface area (Å²) in [5, 5.41) is 1.01. The van der Waals surface area contributed by atoms with E-state index in [0.29, 0.717) is 5.56 Å². The topological polar surface area (TPSA) is 36.4 Å². The van der Waals surface area contributed by atoms with Crippen molar-refractivity contribution >= 4 is 39.4 Å². The summed E-state index contributed by atoms with van der Waals surface area (Å²) < 4.78 is 1.26. The van der Waals surface area contributed by atoms with Gasteiger partial charge in [-0.25, -0.2) is 0 Å². The zero-order chi connectivity index (χ0) is 17.9. The average molecular weight is 461 g/mol. The molecular weight excluding hydrogens is 441 g/mol. The highest BCUT2D eigenvalue weighted by Crippen LogP contribution is 2.16. The van der Waals surface area contributed by atoms with Crippen molar-refractivity contribution in [1.29, 1.82) is 0 Å². The maximum atomic E-state index is 12.8. The van der Waals surface area contributed by atoms with E-state index < -0.39 is 0 Å². The van der Waals surface area contributed by atoms with Crippen molar-refractivity contribution in [2.45, 2.75) is 6.54 Å². The number of fused-ring (bicyclic) bond motifs is 1. The fourth-order valence-corrected chi connectivity index (χ4v) is 3.69. The van der Waals surface area contributed by atoms with Crippen LogP contribution in [0.2, 0.25) is 0 Å². The number of carbonyl (C=O) groups is 1. The summed E-state index contributed by atoms with van der Waals surface area (Å²) in [4.78, 5) is 21.6. The van der Waals surface area contributed by atoms with Crippen LogP contribution in [0.4, 0.5) is 0 Å². The van der Waals surface area contributed by atoms with Crippen LogP contribution in [0, 0.1) is 3.57 Å². The van der Waals surface area contributed by atoms with Crippen molar-refractivity contribution < 1.29 is 4.79 Å². The number of amides is 1. The molecule has 26 heavy (non-hydrogen) atoms. The van der Waals surface area contributed by atoms with Gasteiger partial charge in [-0.05, 0) is 52.4 Å². The maximum Gasteiger partial charge on any atom is 0.255 e. The Hall–Kier alpha value is -1.99. The summed E-state index contributed by atoms with van der Waals surface area (Å²) in [6.45, 7) is 4.26. The molecule has 1 fully saturated rings. The highest BCUT2D eigenvalue weighted by atomic mass is 131. The van der Waals surface area contributed by atoms with Gasteiger partial charge in [-0.3, -0.25) is 14.7 Å². The third kappa shape index (κ3) is 3.88. The van der Waals surface area contributed by atoms with E-state index >= 15 is 0 Å². The molecule has 0 N–H and O–H groups in total. The van der Waals surface area contributed by atoms with Crippen LogP contribution in [-0.4, -0.2) is 46.9 Å². The quantitative estimate of drug-likeness (QED) is 0.557. The van der Waals surface area contributed by atoms with Crippen LogP contribution >= 0.6 is 22.6 Å². The van der Waals surface area contributed by atoms with Gasteiger partial charge in [0.05, 0.1) is 11.1 Å². The van der Waals surface area contributed by atoms with Crippen LogP contribution < -0.4 is 0 Å². The predicted octanol–water partition coefficient (Wildman–Crippen LogP) is 3.80. The summed E-state index contributed by atoms with van der Waals surface area (Å²) in [6, 6.07) is 18.5. The van der Waals surface area contributed by atoms with E-state index in [4.69, 9.17) is 0 Å². The van der Waals surface area contributed by atoms with Gasteiger partial charge in [0.15, 0.2) is 0 Å². The lowest BCUT2D eigenvalue weighted by atomic mass is 10.1. The molecule has 1 aliphatic heterocycles. The molecule has 1 aromatic heterocycles. The smallest absolute Gasteiger partial charge is 0.255 e. The molecule has 1 aliphatic rings. The van der Waals surface area contributed by atoms with Gasteiger partial charge >= 0.3 is 0 Å². The summed E-state index contributed by atoms with van der Waals surface area (Å²) in [5.74, 6) is 0.0807. The lowest BCUT2D eigenvalue weighted by Gasteiger charge is -2.34. The van der Waals surface area contributed by atoms with Crippen LogP contribution in [0.15, 0.2) is 60.8 Å². The number of rotatable bonds is 3. The van der Waals surface area contributed by atoms with Crippen LogP contribution in [0.5, 0.6) is 0 Å². The Morgan fingerprint density at radius 1 is 1.00 bits per heavy atom. The van der Waals surface area contributed by atoms with Gasteiger partial charge in [-0.2, -0.15) is 0 Å². The van der Waals surface area contributed by atoms with Crippen molar-refractivity contribution in [1.82, 2.24) is 14.8 Å². The number of hydrogen-bond acceptors (Lipinski definition) is 3. The predicted molar refractivity (Wildman–Crippen MR) is 112 cm³/mol. The molecule has 0 saturated carbocycles. The normalized spacial score (nSPS) is 15.3. The Morgan fingerprint density at radius 2 is 1.73 bits per heavy atom. The average Bonchev–Trinajstić information content (AvgIpc) is 2.69. The largest absolute Gasteiger partial charge is 0.336 e. The SMILES string of the molecule is O=C(c1cnc2ccccc2c1)N1CCN(Cc2ccc([131I])cc2)CC1. The molecule has 0 aliphatic carbocycles. The molecule has 0 spiro atoms. The van der Waals surface area contributed by atoms with E-state index in [1.807, 2.05) is 35.2 Å².